The molecule has 3 heteroatoms. The van der Waals surface area contributed by atoms with Crippen LogP contribution in [-0.4, -0.2) is 35.6 Å². The second-order valence-electron chi connectivity index (χ2n) is 7.25. The molecular formula is C20H29NO2. The maximum absolute atomic E-state index is 12.9. The zero-order chi connectivity index (χ0) is 16.9. The lowest BCUT2D eigenvalue weighted by atomic mass is 9.89. The van der Waals surface area contributed by atoms with Gasteiger partial charge in [-0.15, -0.1) is 6.58 Å². The zero-order valence-corrected chi connectivity index (χ0v) is 14.6. The monoisotopic (exact) mass is 315 g/mol. The number of esters is 1. The third-order valence-corrected chi connectivity index (χ3v) is 4.21. The number of likely N-dealkylation sites (tertiary alicyclic amines) is 1. The molecule has 0 spiro atoms. The second-order valence-corrected chi connectivity index (χ2v) is 7.25. The summed E-state index contributed by atoms with van der Waals surface area (Å²) in [7, 11) is 0. The summed E-state index contributed by atoms with van der Waals surface area (Å²) in [6.07, 6.45) is 5.40. The van der Waals surface area contributed by atoms with Gasteiger partial charge < -0.3 is 4.74 Å². The summed E-state index contributed by atoms with van der Waals surface area (Å²) in [4.78, 5) is 15.2. The lowest BCUT2D eigenvalue weighted by molar-refractivity contribution is -0.162. The molecule has 1 heterocycles. The lowest BCUT2D eigenvalue weighted by Crippen LogP contribution is -2.49. The van der Waals surface area contributed by atoms with Crippen molar-refractivity contribution >= 4 is 5.97 Å². The van der Waals surface area contributed by atoms with Gasteiger partial charge in [-0.05, 0) is 52.3 Å². The summed E-state index contributed by atoms with van der Waals surface area (Å²) in [5.41, 5.74) is 0.636. The van der Waals surface area contributed by atoms with Gasteiger partial charge in [-0.1, -0.05) is 42.8 Å². The van der Waals surface area contributed by atoms with Crippen molar-refractivity contribution in [2.45, 2.75) is 57.6 Å². The molecule has 1 aliphatic heterocycles. The maximum atomic E-state index is 12.9. The molecular weight excluding hydrogens is 286 g/mol. The average Bonchev–Trinajstić information content (AvgIpc) is 2.52. The van der Waals surface area contributed by atoms with Crippen LogP contribution in [0.2, 0.25) is 0 Å². The van der Waals surface area contributed by atoms with Crippen LogP contribution in [0.15, 0.2) is 43.0 Å². The van der Waals surface area contributed by atoms with Gasteiger partial charge in [0.2, 0.25) is 0 Å². The molecule has 3 nitrogen and oxygen atoms in total. The van der Waals surface area contributed by atoms with E-state index in [9.17, 15) is 4.79 Å². The van der Waals surface area contributed by atoms with Crippen LogP contribution in [-0.2, 0) is 9.53 Å². The van der Waals surface area contributed by atoms with Crippen molar-refractivity contribution in [3.63, 3.8) is 0 Å². The first kappa shape index (κ1) is 17.7. The Hall–Kier alpha value is -1.61. The van der Waals surface area contributed by atoms with Crippen LogP contribution in [0, 0.1) is 0 Å². The first-order valence-electron chi connectivity index (χ1n) is 8.57. The van der Waals surface area contributed by atoms with Gasteiger partial charge in [-0.2, -0.15) is 0 Å². The van der Waals surface area contributed by atoms with Crippen molar-refractivity contribution < 1.29 is 9.53 Å². The summed E-state index contributed by atoms with van der Waals surface area (Å²) in [5, 5.41) is 0. The summed E-state index contributed by atoms with van der Waals surface area (Å²) in [5.74, 6) is -0.197. The van der Waals surface area contributed by atoms with E-state index in [-0.39, 0.29) is 17.9 Å². The third-order valence-electron chi connectivity index (χ3n) is 4.21. The molecule has 1 saturated heterocycles. The van der Waals surface area contributed by atoms with Gasteiger partial charge in [-0.25, -0.2) is 0 Å². The predicted molar refractivity (Wildman–Crippen MR) is 94.4 cm³/mol. The minimum absolute atomic E-state index is 0.0517. The van der Waals surface area contributed by atoms with Crippen molar-refractivity contribution in [2.75, 3.05) is 13.1 Å². The number of nitrogens with zero attached hydrogens (tertiary/aromatic N) is 1. The van der Waals surface area contributed by atoms with Crippen LogP contribution in [0.4, 0.5) is 0 Å². The molecule has 0 aliphatic carbocycles. The van der Waals surface area contributed by atoms with Crippen LogP contribution in [0.1, 0.15) is 51.5 Å². The Morgan fingerprint density at radius 1 is 1.17 bits per heavy atom. The van der Waals surface area contributed by atoms with E-state index in [0.717, 1.165) is 31.5 Å². The molecule has 0 amide bonds. The van der Waals surface area contributed by atoms with Crippen LogP contribution in [0.25, 0.3) is 0 Å². The smallest absolute Gasteiger partial charge is 0.324 e. The molecule has 1 aliphatic rings. The van der Waals surface area contributed by atoms with E-state index in [2.05, 4.69) is 23.6 Å². The Kier molecular flexibility index (Phi) is 6.00. The van der Waals surface area contributed by atoms with E-state index < -0.39 is 5.60 Å². The number of carbonyl (C=O) groups excluding carboxylic acids is 1. The molecule has 0 bridgehead atoms. The second kappa shape index (κ2) is 7.78. The number of carbonyl (C=O) groups is 1. The highest BCUT2D eigenvalue weighted by Gasteiger charge is 2.36. The highest BCUT2D eigenvalue weighted by molar-refractivity contribution is 5.78. The third kappa shape index (κ3) is 4.93. The van der Waals surface area contributed by atoms with Gasteiger partial charge in [0.15, 0.2) is 0 Å². The van der Waals surface area contributed by atoms with E-state index in [1.165, 1.54) is 6.42 Å². The normalized spacial score (nSPS) is 18.9. The summed E-state index contributed by atoms with van der Waals surface area (Å²) < 4.78 is 5.73. The minimum atomic E-state index is -0.479. The molecule has 23 heavy (non-hydrogen) atoms. The van der Waals surface area contributed by atoms with Crippen LogP contribution in [0.5, 0.6) is 0 Å². The Balaban J connectivity index is 2.30. The number of benzene rings is 1. The quantitative estimate of drug-likeness (QED) is 0.604. The van der Waals surface area contributed by atoms with E-state index in [4.69, 9.17) is 4.74 Å². The van der Waals surface area contributed by atoms with Gasteiger partial charge in [0.05, 0.1) is 0 Å². The van der Waals surface area contributed by atoms with Crippen molar-refractivity contribution in [2.24, 2.45) is 0 Å². The molecule has 0 N–H and O–H groups in total. The minimum Gasteiger partial charge on any atom is -0.459 e. The van der Waals surface area contributed by atoms with Gasteiger partial charge in [0.25, 0.3) is 0 Å². The Morgan fingerprint density at radius 3 is 2.30 bits per heavy atom. The average molecular weight is 315 g/mol. The molecule has 0 aromatic heterocycles. The van der Waals surface area contributed by atoms with Crippen molar-refractivity contribution in [3.8, 4) is 0 Å². The Labute approximate surface area is 140 Å². The molecule has 0 saturated carbocycles. The molecule has 1 fully saturated rings. The van der Waals surface area contributed by atoms with Gasteiger partial charge in [0, 0.05) is 5.92 Å². The highest BCUT2D eigenvalue weighted by Crippen LogP contribution is 2.29. The van der Waals surface area contributed by atoms with Gasteiger partial charge in [0.1, 0.15) is 11.6 Å². The first-order valence-corrected chi connectivity index (χ1v) is 8.57. The maximum Gasteiger partial charge on any atom is 0.324 e. The van der Waals surface area contributed by atoms with Crippen LogP contribution >= 0.6 is 0 Å². The number of piperidine rings is 1. The van der Waals surface area contributed by atoms with Gasteiger partial charge in [-0.3, -0.25) is 9.69 Å². The van der Waals surface area contributed by atoms with E-state index >= 15 is 0 Å². The van der Waals surface area contributed by atoms with Crippen molar-refractivity contribution in [1.29, 1.82) is 0 Å². The fraction of sp³-hybridized carbons (Fsp3) is 0.550. The fourth-order valence-electron chi connectivity index (χ4n) is 3.20. The summed E-state index contributed by atoms with van der Waals surface area (Å²) in [6.45, 7) is 11.6. The standard InChI is InChI=1S/C20H29NO2/c1-5-17(16-12-8-6-9-13-16)18(19(22)23-20(2,3)4)21-14-10-7-11-15-21/h5-6,8-9,12-13,17-18H,1,7,10-11,14-15H2,2-4H3/t17-,18+/m1/s1. The fourth-order valence-corrected chi connectivity index (χ4v) is 3.20. The molecule has 126 valence electrons. The SMILES string of the molecule is C=C[C@H](c1ccccc1)[C@@H](C(=O)OC(C)(C)C)N1CCCCC1. The summed E-state index contributed by atoms with van der Waals surface area (Å²) in [6, 6.07) is 9.84. The lowest BCUT2D eigenvalue weighted by Gasteiger charge is -2.38. The van der Waals surface area contributed by atoms with Crippen molar-refractivity contribution in [1.82, 2.24) is 4.90 Å². The molecule has 0 radical (unpaired) electrons. The molecule has 1 aromatic carbocycles. The molecule has 2 atom stereocenters. The largest absolute Gasteiger partial charge is 0.459 e. The first-order chi connectivity index (χ1) is 10.9. The van der Waals surface area contributed by atoms with E-state index in [1.807, 2.05) is 45.0 Å². The summed E-state index contributed by atoms with van der Waals surface area (Å²) >= 11 is 0. The number of ether oxygens (including phenoxy) is 1. The van der Waals surface area contributed by atoms with E-state index in [1.54, 1.807) is 0 Å². The van der Waals surface area contributed by atoms with Crippen LogP contribution in [0.3, 0.4) is 0 Å². The molecule has 2 rings (SSSR count). The zero-order valence-electron chi connectivity index (χ0n) is 14.6. The van der Waals surface area contributed by atoms with Crippen molar-refractivity contribution in [3.05, 3.63) is 48.6 Å². The predicted octanol–water partition coefficient (Wildman–Crippen LogP) is 4.15. The highest BCUT2D eigenvalue weighted by atomic mass is 16.6. The number of hydrogen-bond acceptors (Lipinski definition) is 3. The van der Waals surface area contributed by atoms with E-state index in [0.29, 0.717) is 0 Å². The number of rotatable bonds is 5. The topological polar surface area (TPSA) is 29.5 Å². The molecule has 1 aromatic rings. The number of hydrogen-bond donors (Lipinski definition) is 0. The van der Waals surface area contributed by atoms with Crippen LogP contribution < -0.4 is 0 Å². The molecule has 0 unspecified atom stereocenters. The Morgan fingerprint density at radius 2 is 1.78 bits per heavy atom. The van der Waals surface area contributed by atoms with Gasteiger partial charge >= 0.3 is 5.97 Å². The Bertz CT molecular complexity index is 512.